The van der Waals surface area contributed by atoms with Crippen LogP contribution < -0.4 is 5.32 Å². The van der Waals surface area contributed by atoms with E-state index < -0.39 is 0 Å². The second-order valence-electron chi connectivity index (χ2n) is 7.68. The molecule has 0 aliphatic rings. The molecule has 0 saturated heterocycles. The van der Waals surface area contributed by atoms with Gasteiger partial charge < -0.3 is 5.32 Å². The minimum Gasteiger partial charge on any atom is -0.356 e. The lowest BCUT2D eigenvalue weighted by molar-refractivity contribution is -0.121. The Labute approximate surface area is 158 Å². The van der Waals surface area contributed by atoms with Crippen molar-refractivity contribution in [1.82, 2.24) is 15.1 Å². The van der Waals surface area contributed by atoms with Gasteiger partial charge in [0.2, 0.25) is 5.91 Å². The van der Waals surface area contributed by atoms with Crippen LogP contribution in [-0.2, 0) is 17.8 Å². The molecule has 0 radical (unpaired) electrons. The first-order valence-electron chi connectivity index (χ1n) is 9.73. The molecule has 4 heteroatoms. The molecule has 1 atom stereocenters. The molecule has 142 valence electrons. The number of nitrogens with zero attached hydrogens (tertiary/aromatic N) is 2. The number of carbonyl (C=O) groups is 1. The van der Waals surface area contributed by atoms with E-state index in [9.17, 15) is 4.79 Å². The molecule has 2 aromatic rings. The zero-order valence-corrected chi connectivity index (χ0v) is 16.9. The molecular weight excluding hydrogens is 322 g/mol. The van der Waals surface area contributed by atoms with Crippen molar-refractivity contribution in [3.8, 4) is 0 Å². The first kappa shape index (κ1) is 20.2. The first-order chi connectivity index (χ1) is 12.4. The number of hydrogen-bond acceptors (Lipinski definition) is 2. The van der Waals surface area contributed by atoms with Gasteiger partial charge in [-0.05, 0) is 49.7 Å². The van der Waals surface area contributed by atoms with E-state index in [1.54, 1.807) is 0 Å². The zero-order valence-electron chi connectivity index (χ0n) is 16.9. The Morgan fingerprint density at radius 1 is 1.15 bits per heavy atom. The van der Waals surface area contributed by atoms with Gasteiger partial charge in [0.1, 0.15) is 0 Å². The molecule has 0 spiro atoms. The van der Waals surface area contributed by atoms with Gasteiger partial charge in [0.25, 0.3) is 0 Å². The van der Waals surface area contributed by atoms with Crippen LogP contribution in [0.3, 0.4) is 0 Å². The predicted octanol–water partition coefficient (Wildman–Crippen LogP) is 4.40. The fraction of sp³-hybridized carbons (Fsp3) is 0.545. The number of aromatic nitrogens is 2. The molecule has 1 N–H and O–H groups in total. The highest BCUT2D eigenvalue weighted by atomic mass is 16.1. The Bertz CT molecular complexity index is 704. The van der Waals surface area contributed by atoms with Crippen molar-refractivity contribution in [3.05, 3.63) is 52.8 Å². The van der Waals surface area contributed by atoms with Crippen molar-refractivity contribution in [2.75, 3.05) is 6.54 Å². The molecule has 0 aliphatic heterocycles. The van der Waals surface area contributed by atoms with E-state index >= 15 is 0 Å². The monoisotopic (exact) mass is 355 g/mol. The Morgan fingerprint density at radius 2 is 1.85 bits per heavy atom. The Balaban J connectivity index is 1.78. The number of benzene rings is 1. The maximum Gasteiger partial charge on any atom is 0.220 e. The van der Waals surface area contributed by atoms with E-state index in [-0.39, 0.29) is 5.91 Å². The van der Waals surface area contributed by atoms with Crippen LogP contribution in [0.5, 0.6) is 0 Å². The number of aryl methyl sites for hydroxylation is 1. The molecule has 1 heterocycles. The number of rotatable bonds is 9. The summed E-state index contributed by atoms with van der Waals surface area (Å²) >= 11 is 0. The van der Waals surface area contributed by atoms with Crippen molar-refractivity contribution in [3.63, 3.8) is 0 Å². The largest absolute Gasteiger partial charge is 0.356 e. The number of nitrogens with one attached hydrogen (secondary N) is 1. The quantitative estimate of drug-likeness (QED) is 0.725. The average Bonchev–Trinajstić information content (AvgIpc) is 2.86. The van der Waals surface area contributed by atoms with E-state index in [2.05, 4.69) is 67.1 Å². The maximum atomic E-state index is 12.2. The van der Waals surface area contributed by atoms with E-state index in [1.807, 2.05) is 13.0 Å². The summed E-state index contributed by atoms with van der Waals surface area (Å²) in [5.41, 5.74) is 4.79. The van der Waals surface area contributed by atoms with Crippen LogP contribution in [0.15, 0.2) is 30.3 Å². The van der Waals surface area contributed by atoms with Crippen LogP contribution in [0.2, 0.25) is 0 Å². The minimum absolute atomic E-state index is 0.126. The van der Waals surface area contributed by atoms with Crippen LogP contribution in [-0.4, -0.2) is 22.2 Å². The molecule has 1 aromatic carbocycles. The predicted molar refractivity (Wildman–Crippen MR) is 107 cm³/mol. The summed E-state index contributed by atoms with van der Waals surface area (Å²) in [7, 11) is 0. The van der Waals surface area contributed by atoms with Gasteiger partial charge in [-0.3, -0.25) is 9.48 Å². The summed E-state index contributed by atoms with van der Waals surface area (Å²) in [5, 5.41) is 7.70. The molecule has 26 heavy (non-hydrogen) atoms. The normalized spacial score (nSPS) is 12.4. The third-order valence-corrected chi connectivity index (χ3v) is 4.94. The Morgan fingerprint density at radius 3 is 2.50 bits per heavy atom. The molecule has 0 aliphatic carbocycles. The molecule has 1 amide bonds. The van der Waals surface area contributed by atoms with Gasteiger partial charge >= 0.3 is 0 Å². The van der Waals surface area contributed by atoms with Crippen molar-refractivity contribution < 1.29 is 4.79 Å². The van der Waals surface area contributed by atoms with Crippen molar-refractivity contribution in [2.45, 2.75) is 66.3 Å². The molecule has 4 nitrogen and oxygen atoms in total. The van der Waals surface area contributed by atoms with Crippen LogP contribution in [0.4, 0.5) is 0 Å². The smallest absolute Gasteiger partial charge is 0.220 e. The molecule has 1 unspecified atom stereocenters. The van der Waals surface area contributed by atoms with Crippen molar-refractivity contribution >= 4 is 5.91 Å². The minimum atomic E-state index is 0.126. The lowest BCUT2D eigenvalue weighted by Crippen LogP contribution is -2.25. The van der Waals surface area contributed by atoms with Crippen molar-refractivity contribution in [1.29, 1.82) is 0 Å². The Hall–Kier alpha value is -2.10. The van der Waals surface area contributed by atoms with E-state index in [0.29, 0.717) is 18.3 Å². The van der Waals surface area contributed by atoms with Crippen LogP contribution in [0.1, 0.15) is 62.0 Å². The number of hydrogen-bond donors (Lipinski definition) is 1. The van der Waals surface area contributed by atoms with Gasteiger partial charge in [-0.2, -0.15) is 5.10 Å². The maximum absolute atomic E-state index is 12.2. The molecule has 2 rings (SSSR count). The summed E-state index contributed by atoms with van der Waals surface area (Å²) in [6.45, 7) is 12.4. The van der Waals surface area contributed by atoms with Gasteiger partial charge in [-0.25, -0.2) is 0 Å². The second-order valence-corrected chi connectivity index (χ2v) is 7.68. The molecule has 0 fully saturated rings. The third kappa shape index (κ3) is 5.72. The highest BCUT2D eigenvalue weighted by molar-refractivity contribution is 5.76. The van der Waals surface area contributed by atoms with E-state index in [0.717, 1.165) is 31.6 Å². The van der Waals surface area contributed by atoms with Crippen LogP contribution in [0, 0.1) is 19.8 Å². The molecular formula is C22H33N3O. The molecule has 0 bridgehead atoms. The lowest BCUT2D eigenvalue weighted by atomic mass is 9.98. The second kappa shape index (κ2) is 9.56. The SMILES string of the molecule is Cc1nn(CC(C)C)c(C)c1CCC(=O)NCCC(C)c1ccccc1. The van der Waals surface area contributed by atoms with Crippen LogP contribution in [0.25, 0.3) is 0 Å². The summed E-state index contributed by atoms with van der Waals surface area (Å²) in [4.78, 5) is 12.2. The highest BCUT2D eigenvalue weighted by Gasteiger charge is 2.14. The van der Waals surface area contributed by atoms with Crippen LogP contribution >= 0.6 is 0 Å². The molecule has 0 saturated carbocycles. The molecule has 1 aromatic heterocycles. The highest BCUT2D eigenvalue weighted by Crippen LogP contribution is 2.18. The van der Waals surface area contributed by atoms with E-state index in [4.69, 9.17) is 0 Å². The van der Waals surface area contributed by atoms with Gasteiger partial charge in [0.15, 0.2) is 0 Å². The van der Waals surface area contributed by atoms with Gasteiger partial charge in [0, 0.05) is 25.2 Å². The first-order valence-corrected chi connectivity index (χ1v) is 9.73. The third-order valence-electron chi connectivity index (χ3n) is 4.94. The summed E-state index contributed by atoms with van der Waals surface area (Å²) in [6.07, 6.45) is 2.24. The van der Waals surface area contributed by atoms with E-state index in [1.165, 1.54) is 16.8 Å². The van der Waals surface area contributed by atoms with Gasteiger partial charge in [-0.1, -0.05) is 51.1 Å². The van der Waals surface area contributed by atoms with Crippen molar-refractivity contribution in [2.24, 2.45) is 5.92 Å². The standard InChI is InChI=1S/C22H33N3O/c1-16(2)15-25-19(5)21(18(4)24-25)11-12-22(26)23-14-13-17(3)20-9-7-6-8-10-20/h6-10,16-17H,11-15H2,1-5H3,(H,23,26). The fourth-order valence-electron chi connectivity index (χ4n) is 3.32. The summed E-state index contributed by atoms with van der Waals surface area (Å²) in [5.74, 6) is 1.15. The van der Waals surface area contributed by atoms with Gasteiger partial charge in [-0.15, -0.1) is 0 Å². The summed E-state index contributed by atoms with van der Waals surface area (Å²) in [6, 6.07) is 10.5. The summed E-state index contributed by atoms with van der Waals surface area (Å²) < 4.78 is 2.08. The fourth-order valence-corrected chi connectivity index (χ4v) is 3.32. The average molecular weight is 356 g/mol. The number of carbonyl (C=O) groups excluding carboxylic acids is 1. The Kier molecular flexibility index (Phi) is 7.43. The zero-order chi connectivity index (χ0) is 19.1. The number of amides is 1. The topological polar surface area (TPSA) is 46.9 Å². The lowest BCUT2D eigenvalue weighted by Gasteiger charge is -2.12. The van der Waals surface area contributed by atoms with Gasteiger partial charge in [0.05, 0.1) is 5.69 Å².